The highest BCUT2D eigenvalue weighted by molar-refractivity contribution is 5.93. The van der Waals surface area contributed by atoms with Crippen LogP contribution in [0, 0.1) is 19.7 Å². The van der Waals surface area contributed by atoms with Crippen molar-refractivity contribution in [2.45, 2.75) is 13.8 Å². The first-order valence-electron chi connectivity index (χ1n) is 9.23. The number of nitrogens with zero attached hydrogens (tertiary/aromatic N) is 2. The van der Waals surface area contributed by atoms with E-state index >= 15 is 0 Å². The van der Waals surface area contributed by atoms with Gasteiger partial charge in [-0.3, -0.25) is 4.79 Å². The quantitative estimate of drug-likeness (QED) is 0.535. The standard InChI is InChI=1S/C23H20FN3O2/c1-15-5-6-17(21-13-27-11-3-4-16(2)23(27)26-21)12-20(15)25-22(28)14-29-19-9-7-18(24)8-10-19/h3-13H,14H2,1-2H3,(H,25,28). The molecule has 2 aromatic heterocycles. The number of ether oxygens (including phenoxy) is 1. The molecule has 2 aromatic carbocycles. The molecule has 5 nitrogen and oxygen atoms in total. The third kappa shape index (κ3) is 4.11. The fraction of sp³-hybridized carbons (Fsp3) is 0.130. The van der Waals surface area contributed by atoms with Gasteiger partial charge in [-0.25, -0.2) is 9.37 Å². The smallest absolute Gasteiger partial charge is 0.262 e. The number of aryl methyl sites for hydroxylation is 2. The van der Waals surface area contributed by atoms with E-state index in [0.717, 1.165) is 28.0 Å². The maximum absolute atomic E-state index is 12.9. The molecule has 0 radical (unpaired) electrons. The van der Waals surface area contributed by atoms with E-state index in [1.807, 2.05) is 61.0 Å². The van der Waals surface area contributed by atoms with Crippen LogP contribution in [0.25, 0.3) is 16.9 Å². The van der Waals surface area contributed by atoms with Gasteiger partial charge in [-0.2, -0.15) is 0 Å². The van der Waals surface area contributed by atoms with Gasteiger partial charge in [-0.15, -0.1) is 0 Å². The second-order valence-corrected chi connectivity index (χ2v) is 6.87. The minimum Gasteiger partial charge on any atom is -0.484 e. The number of hydrogen-bond acceptors (Lipinski definition) is 3. The molecule has 0 saturated heterocycles. The molecule has 0 atom stereocenters. The zero-order valence-electron chi connectivity index (χ0n) is 16.1. The number of pyridine rings is 1. The van der Waals surface area contributed by atoms with Gasteiger partial charge in [0.15, 0.2) is 6.61 Å². The Morgan fingerprint density at radius 3 is 2.66 bits per heavy atom. The Morgan fingerprint density at radius 2 is 1.90 bits per heavy atom. The summed E-state index contributed by atoms with van der Waals surface area (Å²) in [6.45, 7) is 3.78. The second kappa shape index (κ2) is 7.75. The van der Waals surface area contributed by atoms with Crippen LogP contribution in [0.4, 0.5) is 10.1 Å². The Balaban J connectivity index is 1.51. The van der Waals surface area contributed by atoms with Crippen molar-refractivity contribution < 1.29 is 13.9 Å². The summed E-state index contributed by atoms with van der Waals surface area (Å²) in [6, 6.07) is 15.4. The zero-order valence-corrected chi connectivity index (χ0v) is 16.1. The number of aromatic nitrogens is 2. The second-order valence-electron chi connectivity index (χ2n) is 6.87. The Morgan fingerprint density at radius 1 is 1.10 bits per heavy atom. The van der Waals surface area contributed by atoms with Gasteiger partial charge in [0.1, 0.15) is 17.2 Å². The molecule has 4 rings (SSSR count). The lowest BCUT2D eigenvalue weighted by atomic mass is 10.1. The van der Waals surface area contributed by atoms with Gasteiger partial charge in [0.25, 0.3) is 5.91 Å². The summed E-state index contributed by atoms with van der Waals surface area (Å²) in [6.07, 6.45) is 3.93. The normalized spacial score (nSPS) is 10.9. The fourth-order valence-electron chi connectivity index (χ4n) is 3.07. The van der Waals surface area contributed by atoms with Gasteiger partial charge in [0, 0.05) is 23.6 Å². The molecule has 1 amide bonds. The number of imidazole rings is 1. The summed E-state index contributed by atoms with van der Waals surface area (Å²) >= 11 is 0. The van der Waals surface area contributed by atoms with Crippen molar-refractivity contribution in [3.63, 3.8) is 0 Å². The van der Waals surface area contributed by atoms with Crippen LogP contribution < -0.4 is 10.1 Å². The molecule has 0 saturated carbocycles. The molecular formula is C23H20FN3O2. The number of amides is 1. The van der Waals surface area contributed by atoms with Crippen LogP contribution in [0.5, 0.6) is 5.75 Å². The zero-order chi connectivity index (χ0) is 20.4. The lowest BCUT2D eigenvalue weighted by Gasteiger charge is -2.11. The molecule has 146 valence electrons. The van der Waals surface area contributed by atoms with Gasteiger partial charge in [-0.05, 0) is 61.4 Å². The first-order valence-corrected chi connectivity index (χ1v) is 9.23. The Labute approximate surface area is 167 Å². The minimum absolute atomic E-state index is 0.164. The molecule has 0 aliphatic carbocycles. The summed E-state index contributed by atoms with van der Waals surface area (Å²) in [4.78, 5) is 17.0. The van der Waals surface area contributed by atoms with Crippen molar-refractivity contribution in [2.75, 3.05) is 11.9 Å². The third-order valence-electron chi connectivity index (χ3n) is 4.67. The van der Waals surface area contributed by atoms with Gasteiger partial charge in [0.05, 0.1) is 5.69 Å². The molecule has 0 aliphatic rings. The van der Waals surface area contributed by atoms with E-state index in [4.69, 9.17) is 9.72 Å². The van der Waals surface area contributed by atoms with Gasteiger partial charge < -0.3 is 14.5 Å². The largest absolute Gasteiger partial charge is 0.484 e. The number of fused-ring (bicyclic) bond motifs is 1. The summed E-state index contributed by atoms with van der Waals surface area (Å²) in [5, 5.41) is 2.87. The minimum atomic E-state index is -0.351. The van der Waals surface area contributed by atoms with Gasteiger partial charge >= 0.3 is 0 Å². The Bertz CT molecular complexity index is 1180. The van der Waals surface area contributed by atoms with Crippen LogP contribution in [-0.2, 0) is 4.79 Å². The third-order valence-corrected chi connectivity index (χ3v) is 4.67. The predicted octanol–water partition coefficient (Wildman–Crippen LogP) is 4.77. The predicted molar refractivity (Wildman–Crippen MR) is 111 cm³/mol. The summed E-state index contributed by atoms with van der Waals surface area (Å²) in [7, 11) is 0. The number of rotatable bonds is 5. The highest BCUT2D eigenvalue weighted by Crippen LogP contribution is 2.26. The molecule has 0 bridgehead atoms. The van der Waals surface area contributed by atoms with Crippen LogP contribution in [0.2, 0.25) is 0 Å². The topological polar surface area (TPSA) is 55.6 Å². The molecule has 0 aliphatic heterocycles. The molecule has 0 fully saturated rings. The monoisotopic (exact) mass is 389 g/mol. The van der Waals surface area contributed by atoms with E-state index in [9.17, 15) is 9.18 Å². The van der Waals surface area contributed by atoms with E-state index < -0.39 is 0 Å². The van der Waals surface area contributed by atoms with E-state index in [-0.39, 0.29) is 18.3 Å². The first kappa shape index (κ1) is 18.7. The van der Waals surface area contributed by atoms with Crippen molar-refractivity contribution in [1.82, 2.24) is 9.38 Å². The maximum Gasteiger partial charge on any atom is 0.262 e. The number of halogens is 1. The molecule has 0 spiro atoms. The van der Waals surface area contributed by atoms with Crippen molar-refractivity contribution in [3.8, 4) is 17.0 Å². The van der Waals surface area contributed by atoms with Crippen LogP contribution >= 0.6 is 0 Å². The number of nitrogens with one attached hydrogen (secondary N) is 1. The fourth-order valence-corrected chi connectivity index (χ4v) is 3.07. The average Bonchev–Trinajstić information content (AvgIpc) is 3.15. The first-order chi connectivity index (χ1) is 14.0. The molecular weight excluding hydrogens is 369 g/mol. The number of carbonyl (C=O) groups excluding carboxylic acids is 1. The van der Waals surface area contributed by atoms with Crippen LogP contribution in [0.15, 0.2) is 67.0 Å². The highest BCUT2D eigenvalue weighted by Gasteiger charge is 2.11. The van der Waals surface area contributed by atoms with Crippen LogP contribution in [-0.4, -0.2) is 21.9 Å². The van der Waals surface area contributed by atoms with E-state index in [0.29, 0.717) is 11.4 Å². The van der Waals surface area contributed by atoms with E-state index in [1.165, 1.54) is 24.3 Å². The molecule has 1 N–H and O–H groups in total. The lowest BCUT2D eigenvalue weighted by Crippen LogP contribution is -2.20. The van der Waals surface area contributed by atoms with Crippen molar-refractivity contribution in [2.24, 2.45) is 0 Å². The van der Waals surface area contributed by atoms with Crippen LogP contribution in [0.3, 0.4) is 0 Å². The highest BCUT2D eigenvalue weighted by atomic mass is 19.1. The molecule has 0 unspecified atom stereocenters. The average molecular weight is 389 g/mol. The van der Waals surface area contributed by atoms with Crippen molar-refractivity contribution in [3.05, 3.63) is 83.9 Å². The lowest BCUT2D eigenvalue weighted by molar-refractivity contribution is -0.118. The Kier molecular flexibility index (Phi) is 4.99. The molecule has 29 heavy (non-hydrogen) atoms. The number of benzene rings is 2. The summed E-state index contributed by atoms with van der Waals surface area (Å²) in [5.74, 6) is -0.205. The number of carbonyl (C=O) groups is 1. The van der Waals surface area contributed by atoms with Crippen molar-refractivity contribution >= 4 is 17.2 Å². The van der Waals surface area contributed by atoms with E-state index in [1.54, 1.807) is 0 Å². The molecule has 2 heterocycles. The summed E-state index contributed by atoms with van der Waals surface area (Å²) < 4.78 is 20.3. The van der Waals surface area contributed by atoms with Gasteiger partial charge in [0.2, 0.25) is 0 Å². The molecule has 6 heteroatoms. The van der Waals surface area contributed by atoms with Crippen molar-refractivity contribution in [1.29, 1.82) is 0 Å². The SMILES string of the molecule is Cc1ccc(-c2cn3cccc(C)c3n2)cc1NC(=O)COc1ccc(F)cc1. The van der Waals surface area contributed by atoms with Crippen LogP contribution in [0.1, 0.15) is 11.1 Å². The van der Waals surface area contributed by atoms with E-state index in [2.05, 4.69) is 5.32 Å². The Hall–Kier alpha value is -3.67. The summed E-state index contributed by atoms with van der Waals surface area (Å²) in [5.41, 5.74) is 5.37. The maximum atomic E-state index is 12.9. The van der Waals surface area contributed by atoms with Gasteiger partial charge in [-0.1, -0.05) is 18.2 Å². The number of anilines is 1. The molecule has 4 aromatic rings. The number of hydrogen-bond donors (Lipinski definition) is 1.